The molecular weight excluding hydrogens is 360 g/mol. The molecule has 1 aliphatic carbocycles. The standard InChI is InChI=1S/C25H30N2O2/c1-2-25(24(28)29)22(18-8-4-3-5-9-18)23(25)19-10-6-11-20(16-19)27-15-14-26-13-7-12-21(26)17-27/h3-6,8-11,16,21-23H,2,7,12-15,17H2,1H3,(H,28,29)/t21?,22-,23-,25+/m0/s1. The van der Waals surface area contributed by atoms with E-state index in [1.54, 1.807) is 0 Å². The first-order chi connectivity index (χ1) is 14.1. The van der Waals surface area contributed by atoms with E-state index in [0.29, 0.717) is 12.5 Å². The Kier molecular flexibility index (Phi) is 4.62. The summed E-state index contributed by atoms with van der Waals surface area (Å²) in [5.74, 6) is -0.572. The van der Waals surface area contributed by atoms with E-state index >= 15 is 0 Å². The number of rotatable bonds is 5. The molecule has 0 bridgehead atoms. The molecule has 3 fully saturated rings. The van der Waals surface area contributed by atoms with Crippen LogP contribution in [0, 0.1) is 5.41 Å². The number of anilines is 1. The van der Waals surface area contributed by atoms with Crippen molar-refractivity contribution in [3.8, 4) is 0 Å². The summed E-state index contributed by atoms with van der Waals surface area (Å²) in [6, 6.07) is 19.6. The lowest BCUT2D eigenvalue weighted by atomic mass is 9.94. The third kappa shape index (κ3) is 2.96. The zero-order valence-electron chi connectivity index (χ0n) is 17.1. The van der Waals surface area contributed by atoms with Crippen LogP contribution in [0.4, 0.5) is 5.69 Å². The topological polar surface area (TPSA) is 43.8 Å². The number of nitrogens with zero attached hydrogens (tertiary/aromatic N) is 2. The molecule has 0 amide bonds. The van der Waals surface area contributed by atoms with Crippen LogP contribution >= 0.6 is 0 Å². The molecule has 0 aromatic heterocycles. The zero-order valence-corrected chi connectivity index (χ0v) is 17.1. The van der Waals surface area contributed by atoms with Gasteiger partial charge in [-0.1, -0.05) is 49.4 Å². The monoisotopic (exact) mass is 390 g/mol. The van der Waals surface area contributed by atoms with E-state index in [-0.39, 0.29) is 11.8 Å². The fourth-order valence-corrected chi connectivity index (χ4v) is 6.08. The van der Waals surface area contributed by atoms with Gasteiger partial charge in [0.05, 0.1) is 5.41 Å². The fraction of sp³-hybridized carbons (Fsp3) is 0.480. The number of carboxylic acid groups (broad SMARTS) is 1. The van der Waals surface area contributed by atoms with E-state index in [1.807, 2.05) is 25.1 Å². The number of aliphatic carboxylic acids is 1. The molecule has 4 atom stereocenters. The van der Waals surface area contributed by atoms with Gasteiger partial charge in [0.2, 0.25) is 0 Å². The summed E-state index contributed by atoms with van der Waals surface area (Å²) in [6.45, 7) is 6.56. The average molecular weight is 391 g/mol. The van der Waals surface area contributed by atoms with Crippen LogP contribution in [0.1, 0.15) is 49.1 Å². The molecule has 5 rings (SSSR count). The lowest BCUT2D eigenvalue weighted by Gasteiger charge is -2.39. The van der Waals surface area contributed by atoms with E-state index in [4.69, 9.17) is 0 Å². The van der Waals surface area contributed by atoms with Gasteiger partial charge in [-0.05, 0) is 49.1 Å². The van der Waals surface area contributed by atoms with E-state index in [9.17, 15) is 9.90 Å². The Labute approximate surface area is 173 Å². The van der Waals surface area contributed by atoms with E-state index in [1.165, 1.54) is 30.6 Å². The minimum atomic E-state index is -0.690. The van der Waals surface area contributed by atoms with Crippen molar-refractivity contribution in [2.24, 2.45) is 5.41 Å². The van der Waals surface area contributed by atoms with Gasteiger partial charge in [0.15, 0.2) is 0 Å². The Morgan fingerprint density at radius 2 is 1.79 bits per heavy atom. The van der Waals surface area contributed by atoms with Gasteiger partial charge in [0, 0.05) is 43.2 Å². The number of benzene rings is 2. The van der Waals surface area contributed by atoms with Crippen molar-refractivity contribution < 1.29 is 9.90 Å². The summed E-state index contributed by atoms with van der Waals surface area (Å²) in [4.78, 5) is 17.5. The highest BCUT2D eigenvalue weighted by Gasteiger charge is 2.69. The fourth-order valence-electron chi connectivity index (χ4n) is 6.08. The summed E-state index contributed by atoms with van der Waals surface area (Å²) in [5, 5.41) is 10.2. The average Bonchev–Trinajstić information content (AvgIpc) is 3.24. The van der Waals surface area contributed by atoms with Crippen molar-refractivity contribution >= 4 is 11.7 Å². The minimum Gasteiger partial charge on any atom is -0.481 e. The highest BCUT2D eigenvalue weighted by Crippen LogP contribution is 2.72. The largest absolute Gasteiger partial charge is 0.481 e. The third-order valence-corrected chi connectivity index (χ3v) is 7.66. The zero-order chi connectivity index (χ0) is 20.0. The van der Waals surface area contributed by atoms with Crippen LogP contribution in [0.25, 0.3) is 0 Å². The van der Waals surface area contributed by atoms with E-state index in [2.05, 4.69) is 46.2 Å². The summed E-state index contributed by atoms with van der Waals surface area (Å²) < 4.78 is 0. The van der Waals surface area contributed by atoms with Crippen LogP contribution in [0.2, 0.25) is 0 Å². The molecule has 152 valence electrons. The molecular formula is C25H30N2O2. The van der Waals surface area contributed by atoms with Gasteiger partial charge < -0.3 is 10.0 Å². The van der Waals surface area contributed by atoms with E-state index in [0.717, 1.165) is 25.2 Å². The van der Waals surface area contributed by atoms with Crippen LogP contribution in [0.15, 0.2) is 54.6 Å². The predicted octanol–water partition coefficient (Wildman–Crippen LogP) is 4.33. The molecule has 2 aromatic carbocycles. The quantitative estimate of drug-likeness (QED) is 0.825. The second-order valence-electron chi connectivity index (χ2n) is 8.94. The Balaban J connectivity index is 1.45. The van der Waals surface area contributed by atoms with Crippen LogP contribution < -0.4 is 4.90 Å². The molecule has 2 aliphatic heterocycles. The first-order valence-electron chi connectivity index (χ1n) is 11.0. The molecule has 0 radical (unpaired) electrons. The first kappa shape index (κ1) is 18.7. The first-order valence-corrected chi connectivity index (χ1v) is 11.0. The lowest BCUT2D eigenvalue weighted by Crippen LogP contribution is -2.50. The van der Waals surface area contributed by atoms with Gasteiger partial charge in [-0.25, -0.2) is 0 Å². The van der Waals surface area contributed by atoms with Crippen LogP contribution in [0.3, 0.4) is 0 Å². The van der Waals surface area contributed by atoms with Crippen LogP contribution in [-0.4, -0.2) is 48.2 Å². The maximum absolute atomic E-state index is 12.4. The molecule has 29 heavy (non-hydrogen) atoms. The highest BCUT2D eigenvalue weighted by atomic mass is 16.4. The predicted molar refractivity (Wildman–Crippen MR) is 116 cm³/mol. The van der Waals surface area contributed by atoms with Gasteiger partial charge in [0.25, 0.3) is 0 Å². The second kappa shape index (κ2) is 7.17. The third-order valence-electron chi connectivity index (χ3n) is 7.66. The molecule has 1 unspecified atom stereocenters. The molecule has 0 spiro atoms. The van der Waals surface area contributed by atoms with Crippen molar-refractivity contribution in [1.82, 2.24) is 4.90 Å². The number of carbonyl (C=O) groups is 1. The molecule has 2 aromatic rings. The Morgan fingerprint density at radius 3 is 2.55 bits per heavy atom. The Hall–Kier alpha value is -2.33. The van der Waals surface area contributed by atoms with Gasteiger partial charge in [-0.2, -0.15) is 0 Å². The van der Waals surface area contributed by atoms with Gasteiger partial charge >= 0.3 is 5.97 Å². The summed E-state index contributed by atoms with van der Waals surface area (Å²) >= 11 is 0. The van der Waals surface area contributed by atoms with Gasteiger partial charge in [0.1, 0.15) is 0 Å². The number of hydrogen-bond donors (Lipinski definition) is 1. The summed E-state index contributed by atoms with van der Waals surface area (Å²) in [6.07, 6.45) is 3.27. The molecule has 3 aliphatic rings. The number of fused-ring (bicyclic) bond motifs is 1. The summed E-state index contributed by atoms with van der Waals surface area (Å²) in [5.41, 5.74) is 2.88. The normalized spacial score (nSPS) is 31.5. The van der Waals surface area contributed by atoms with Crippen molar-refractivity contribution in [2.75, 3.05) is 31.1 Å². The molecule has 4 nitrogen and oxygen atoms in total. The highest BCUT2D eigenvalue weighted by molar-refractivity contribution is 5.84. The van der Waals surface area contributed by atoms with Crippen molar-refractivity contribution in [1.29, 1.82) is 0 Å². The smallest absolute Gasteiger partial charge is 0.310 e. The number of piperazine rings is 1. The van der Waals surface area contributed by atoms with Crippen LogP contribution in [0.5, 0.6) is 0 Å². The van der Waals surface area contributed by atoms with E-state index < -0.39 is 11.4 Å². The Morgan fingerprint density at radius 1 is 1.03 bits per heavy atom. The molecule has 2 saturated heterocycles. The maximum atomic E-state index is 12.4. The SMILES string of the molecule is CC[C@@]1(C(=O)O)[C@@H](c2ccccc2)[C@@H]1c1cccc(N2CCN3CCCC3C2)c1. The van der Waals surface area contributed by atoms with Gasteiger partial charge in [-0.15, -0.1) is 0 Å². The summed E-state index contributed by atoms with van der Waals surface area (Å²) in [7, 11) is 0. The molecule has 2 heterocycles. The maximum Gasteiger partial charge on any atom is 0.310 e. The Bertz CT molecular complexity index is 899. The van der Waals surface area contributed by atoms with Crippen LogP contribution in [-0.2, 0) is 4.79 Å². The lowest BCUT2D eigenvalue weighted by molar-refractivity contribution is -0.143. The van der Waals surface area contributed by atoms with Crippen molar-refractivity contribution in [3.05, 3.63) is 65.7 Å². The van der Waals surface area contributed by atoms with Crippen molar-refractivity contribution in [3.63, 3.8) is 0 Å². The number of hydrogen-bond acceptors (Lipinski definition) is 3. The number of carboxylic acids is 1. The second-order valence-corrected chi connectivity index (χ2v) is 8.94. The molecule has 1 saturated carbocycles. The van der Waals surface area contributed by atoms with Gasteiger partial charge in [-0.3, -0.25) is 9.69 Å². The van der Waals surface area contributed by atoms with Crippen molar-refractivity contribution in [2.45, 2.75) is 44.1 Å². The minimum absolute atomic E-state index is 0.0418. The molecule has 4 heteroatoms. The molecule has 1 N–H and O–H groups in total.